The summed E-state index contributed by atoms with van der Waals surface area (Å²) in [5.41, 5.74) is 0. The average Bonchev–Trinajstić information content (AvgIpc) is 2.38. The van der Waals surface area contributed by atoms with Gasteiger partial charge in [0.05, 0.1) is 0 Å². The summed E-state index contributed by atoms with van der Waals surface area (Å²) in [4.78, 5) is 0.329. The van der Waals surface area contributed by atoms with Crippen LogP contribution in [-0.4, -0.2) is 22.8 Å². The van der Waals surface area contributed by atoms with E-state index in [9.17, 15) is 0 Å². The fourth-order valence-electron chi connectivity index (χ4n) is 1.97. The highest BCUT2D eigenvalue weighted by Gasteiger charge is 2.48. The minimum absolute atomic E-state index is 0.0468. The van der Waals surface area contributed by atoms with Crippen LogP contribution >= 0.6 is 31.9 Å². The van der Waals surface area contributed by atoms with Crippen LogP contribution in [0.15, 0.2) is 10.6 Å². The second-order valence-corrected chi connectivity index (χ2v) is 6.35. The van der Waals surface area contributed by atoms with Gasteiger partial charge >= 0.3 is 0 Å². The van der Waals surface area contributed by atoms with Crippen molar-refractivity contribution in [3.05, 3.63) is 10.6 Å². The molecule has 0 bridgehead atoms. The molecular formula is C10H14Br2O2. The van der Waals surface area contributed by atoms with Gasteiger partial charge in [-0.3, -0.25) is 0 Å². The molecule has 0 radical (unpaired) electrons. The van der Waals surface area contributed by atoms with Crippen LogP contribution in [-0.2, 0) is 9.47 Å². The summed E-state index contributed by atoms with van der Waals surface area (Å²) in [5.74, 6) is -0.0127. The zero-order valence-electron chi connectivity index (χ0n) is 8.46. The van der Waals surface area contributed by atoms with E-state index >= 15 is 0 Å². The molecule has 0 amide bonds. The second-order valence-electron chi connectivity index (χ2n) is 4.38. The SMILES string of the molecule is C[C@H]1C=C(Br)[C@H]2OC(C)(C)O[C@H]2[C@@H]1Br. The van der Waals surface area contributed by atoms with Crippen molar-refractivity contribution in [3.63, 3.8) is 0 Å². The molecule has 4 heteroatoms. The van der Waals surface area contributed by atoms with Crippen LogP contribution in [0.5, 0.6) is 0 Å². The summed E-state index contributed by atoms with van der Waals surface area (Å²) in [5, 5.41) is 0. The molecule has 1 fully saturated rings. The lowest BCUT2D eigenvalue weighted by Crippen LogP contribution is -2.38. The molecule has 0 N–H and O–H groups in total. The molecule has 0 spiro atoms. The summed E-state index contributed by atoms with van der Waals surface area (Å²) in [7, 11) is 0. The van der Waals surface area contributed by atoms with Crippen LogP contribution in [0.4, 0.5) is 0 Å². The van der Waals surface area contributed by atoms with E-state index in [-0.39, 0.29) is 12.2 Å². The molecule has 4 atom stereocenters. The van der Waals surface area contributed by atoms with Crippen molar-refractivity contribution in [2.75, 3.05) is 0 Å². The number of hydrogen-bond acceptors (Lipinski definition) is 2. The molecule has 1 aliphatic carbocycles. The van der Waals surface area contributed by atoms with E-state index in [2.05, 4.69) is 44.9 Å². The number of alkyl halides is 1. The predicted octanol–water partition coefficient (Wildman–Crippen LogP) is 3.20. The number of allylic oxidation sites excluding steroid dienone is 1. The fourth-order valence-corrected chi connectivity index (χ4v) is 3.28. The quantitative estimate of drug-likeness (QED) is 0.637. The Morgan fingerprint density at radius 1 is 1.36 bits per heavy atom. The summed E-state index contributed by atoms with van der Waals surface area (Å²) >= 11 is 7.22. The molecule has 1 aliphatic heterocycles. The van der Waals surface area contributed by atoms with Gasteiger partial charge in [-0.2, -0.15) is 0 Å². The lowest BCUT2D eigenvalue weighted by atomic mass is 9.93. The van der Waals surface area contributed by atoms with Crippen molar-refractivity contribution in [2.45, 2.75) is 43.6 Å². The normalized spacial score (nSPS) is 45.9. The van der Waals surface area contributed by atoms with Crippen LogP contribution in [0.25, 0.3) is 0 Å². The first kappa shape index (κ1) is 11.1. The van der Waals surface area contributed by atoms with Gasteiger partial charge in [-0.05, 0) is 19.8 Å². The topological polar surface area (TPSA) is 18.5 Å². The van der Waals surface area contributed by atoms with Gasteiger partial charge < -0.3 is 9.47 Å². The number of halogens is 2. The van der Waals surface area contributed by atoms with Crippen molar-refractivity contribution >= 4 is 31.9 Å². The number of rotatable bonds is 0. The summed E-state index contributed by atoms with van der Waals surface area (Å²) in [6, 6.07) is 0. The van der Waals surface area contributed by atoms with Crippen molar-refractivity contribution in [1.29, 1.82) is 0 Å². The molecular weight excluding hydrogens is 312 g/mol. The van der Waals surface area contributed by atoms with Gasteiger partial charge in [0.25, 0.3) is 0 Å². The number of ether oxygens (including phenoxy) is 2. The van der Waals surface area contributed by atoms with Crippen LogP contribution < -0.4 is 0 Å². The molecule has 2 rings (SSSR count). The average molecular weight is 326 g/mol. The third-order valence-electron chi connectivity index (χ3n) is 2.64. The largest absolute Gasteiger partial charge is 0.343 e. The first-order chi connectivity index (χ1) is 6.41. The third-order valence-corrected chi connectivity index (χ3v) is 4.71. The van der Waals surface area contributed by atoms with Crippen molar-refractivity contribution in [3.8, 4) is 0 Å². The molecule has 0 aromatic carbocycles. The van der Waals surface area contributed by atoms with Crippen LogP contribution in [0, 0.1) is 5.92 Å². The van der Waals surface area contributed by atoms with Gasteiger partial charge in [0, 0.05) is 9.31 Å². The lowest BCUT2D eigenvalue weighted by Gasteiger charge is -2.30. The van der Waals surface area contributed by atoms with Gasteiger partial charge in [0.1, 0.15) is 12.2 Å². The Morgan fingerprint density at radius 2 is 2.00 bits per heavy atom. The van der Waals surface area contributed by atoms with E-state index in [4.69, 9.17) is 9.47 Å². The van der Waals surface area contributed by atoms with Crippen LogP contribution in [0.1, 0.15) is 20.8 Å². The fraction of sp³-hybridized carbons (Fsp3) is 0.800. The Labute approximate surface area is 101 Å². The Balaban J connectivity index is 2.27. The third kappa shape index (κ3) is 1.82. The maximum Gasteiger partial charge on any atom is 0.164 e. The zero-order chi connectivity index (χ0) is 10.5. The van der Waals surface area contributed by atoms with Gasteiger partial charge in [-0.15, -0.1) is 0 Å². The summed E-state index contributed by atoms with van der Waals surface area (Å²) in [6.45, 7) is 6.08. The second kappa shape index (κ2) is 3.58. The van der Waals surface area contributed by atoms with Gasteiger partial charge in [-0.1, -0.05) is 44.9 Å². The molecule has 80 valence electrons. The molecule has 14 heavy (non-hydrogen) atoms. The van der Waals surface area contributed by atoms with E-state index in [0.717, 1.165) is 4.48 Å². The Morgan fingerprint density at radius 3 is 2.64 bits per heavy atom. The standard InChI is InChI=1S/C10H14Br2O2/c1-5-4-6(11)8-9(7(5)12)14-10(2,3)13-8/h4-5,7-9H,1-3H3/t5-,7+,8+,9-/m0/s1. The van der Waals surface area contributed by atoms with E-state index in [0.29, 0.717) is 10.7 Å². The molecule has 0 aromatic heterocycles. The van der Waals surface area contributed by atoms with Gasteiger partial charge in [0.2, 0.25) is 0 Å². The van der Waals surface area contributed by atoms with Crippen molar-refractivity contribution < 1.29 is 9.47 Å². The molecule has 0 saturated carbocycles. The Kier molecular flexibility index (Phi) is 2.84. The first-order valence-corrected chi connectivity index (χ1v) is 6.48. The maximum absolute atomic E-state index is 5.87. The minimum Gasteiger partial charge on any atom is -0.343 e. The van der Waals surface area contributed by atoms with E-state index in [1.165, 1.54) is 0 Å². The van der Waals surface area contributed by atoms with E-state index < -0.39 is 5.79 Å². The molecule has 2 nitrogen and oxygen atoms in total. The highest BCUT2D eigenvalue weighted by atomic mass is 79.9. The smallest absolute Gasteiger partial charge is 0.164 e. The monoisotopic (exact) mass is 324 g/mol. The first-order valence-electron chi connectivity index (χ1n) is 4.77. The summed E-state index contributed by atoms with van der Waals surface area (Å²) in [6.07, 6.45) is 2.34. The van der Waals surface area contributed by atoms with Gasteiger partial charge in [-0.25, -0.2) is 0 Å². The lowest BCUT2D eigenvalue weighted by molar-refractivity contribution is -0.142. The molecule has 1 heterocycles. The highest BCUT2D eigenvalue weighted by Crippen LogP contribution is 2.43. The predicted molar refractivity (Wildman–Crippen MR) is 62.7 cm³/mol. The molecule has 0 aromatic rings. The van der Waals surface area contributed by atoms with Crippen molar-refractivity contribution in [2.24, 2.45) is 5.92 Å². The molecule has 2 aliphatic rings. The molecule has 0 unspecified atom stereocenters. The Hall–Kier alpha value is 0.620. The minimum atomic E-state index is -0.474. The Bertz CT molecular complexity index is 275. The maximum atomic E-state index is 5.87. The van der Waals surface area contributed by atoms with Crippen molar-refractivity contribution in [1.82, 2.24) is 0 Å². The van der Waals surface area contributed by atoms with Crippen LogP contribution in [0.3, 0.4) is 0 Å². The summed E-state index contributed by atoms with van der Waals surface area (Å²) < 4.78 is 12.8. The van der Waals surface area contributed by atoms with Crippen LogP contribution in [0.2, 0.25) is 0 Å². The number of fused-ring (bicyclic) bond motifs is 1. The zero-order valence-corrected chi connectivity index (χ0v) is 11.6. The van der Waals surface area contributed by atoms with Gasteiger partial charge in [0.15, 0.2) is 5.79 Å². The van der Waals surface area contributed by atoms with E-state index in [1.54, 1.807) is 0 Å². The molecule has 1 saturated heterocycles. The van der Waals surface area contributed by atoms with E-state index in [1.807, 2.05) is 13.8 Å². The highest BCUT2D eigenvalue weighted by molar-refractivity contribution is 9.11. The number of hydrogen-bond donors (Lipinski definition) is 0.